The Hall–Kier alpha value is -3.89. The third-order valence-corrected chi connectivity index (χ3v) is 4.82. The normalized spacial score (nSPS) is 14.1. The highest BCUT2D eigenvalue weighted by atomic mass is 16.6. The van der Waals surface area contributed by atoms with E-state index in [-0.39, 0.29) is 11.6 Å². The predicted octanol–water partition coefficient (Wildman–Crippen LogP) is 1.24. The molecule has 0 bridgehead atoms. The van der Waals surface area contributed by atoms with E-state index in [2.05, 4.69) is 25.2 Å². The van der Waals surface area contributed by atoms with E-state index in [1.165, 1.54) is 23.1 Å². The number of aromatic nitrogens is 5. The molecule has 1 aliphatic rings. The van der Waals surface area contributed by atoms with Crippen LogP contribution in [-0.4, -0.2) is 66.9 Å². The summed E-state index contributed by atoms with van der Waals surface area (Å²) < 4.78 is 1.53. The number of benzene rings is 1. The molecule has 4 rings (SSSR count). The van der Waals surface area contributed by atoms with Gasteiger partial charge in [0.05, 0.1) is 4.92 Å². The van der Waals surface area contributed by atoms with E-state index in [4.69, 9.17) is 0 Å². The molecule has 0 aliphatic carbocycles. The molecule has 0 radical (unpaired) electrons. The van der Waals surface area contributed by atoms with E-state index in [0.717, 1.165) is 5.82 Å². The third-order valence-electron chi connectivity index (χ3n) is 4.82. The van der Waals surface area contributed by atoms with Gasteiger partial charge >= 0.3 is 0 Å². The summed E-state index contributed by atoms with van der Waals surface area (Å²) in [7, 11) is 0. The van der Waals surface area contributed by atoms with E-state index < -0.39 is 4.92 Å². The van der Waals surface area contributed by atoms with Gasteiger partial charge in [-0.1, -0.05) is 0 Å². The van der Waals surface area contributed by atoms with Gasteiger partial charge in [-0.2, -0.15) is 5.10 Å². The lowest BCUT2D eigenvalue weighted by Crippen LogP contribution is -2.49. The van der Waals surface area contributed by atoms with Gasteiger partial charge in [-0.05, 0) is 31.2 Å². The Kier molecular flexibility index (Phi) is 4.85. The second-order valence-electron chi connectivity index (χ2n) is 6.63. The first-order chi connectivity index (χ1) is 14.0. The quantitative estimate of drug-likeness (QED) is 0.478. The fraction of sp³-hybridized carbons (Fsp3) is 0.278. The summed E-state index contributed by atoms with van der Waals surface area (Å²) in [5.41, 5.74) is 0.944. The van der Waals surface area contributed by atoms with Crippen LogP contribution in [0.5, 0.6) is 0 Å². The number of carbonyl (C=O) groups is 1. The number of anilines is 1. The Balaban J connectivity index is 1.39. The van der Waals surface area contributed by atoms with Gasteiger partial charge < -0.3 is 9.80 Å². The van der Waals surface area contributed by atoms with Crippen molar-refractivity contribution in [3.63, 3.8) is 0 Å². The zero-order valence-electron chi connectivity index (χ0n) is 15.7. The number of nitro benzene ring substituents is 1. The molecule has 3 heterocycles. The molecule has 1 amide bonds. The van der Waals surface area contributed by atoms with Gasteiger partial charge in [-0.25, -0.2) is 9.67 Å². The smallest absolute Gasteiger partial charge is 0.272 e. The molecule has 1 saturated heterocycles. The standard InChI is InChI=1S/C18H18N8O3/c1-13-10-14(2-3-15(13)26(28)29)18(27)24-8-6-23(7-9-24)16-4-5-17(22-21-16)25-12-19-11-20-25/h2-5,10-12H,6-9H2,1H3. The van der Waals surface area contributed by atoms with Crippen LogP contribution < -0.4 is 4.90 Å². The molecule has 2 aromatic heterocycles. The SMILES string of the molecule is Cc1cc(C(=O)N2CCN(c3ccc(-n4cncn4)nn3)CC2)ccc1[N+](=O)[O-]. The van der Waals surface area contributed by atoms with E-state index in [1.54, 1.807) is 24.2 Å². The monoisotopic (exact) mass is 394 g/mol. The van der Waals surface area contributed by atoms with Gasteiger partial charge in [-0.15, -0.1) is 10.2 Å². The second-order valence-corrected chi connectivity index (χ2v) is 6.63. The summed E-state index contributed by atoms with van der Waals surface area (Å²) in [6.07, 6.45) is 2.98. The molecular weight excluding hydrogens is 376 g/mol. The Morgan fingerprint density at radius 2 is 1.79 bits per heavy atom. The van der Waals surface area contributed by atoms with Crippen molar-refractivity contribution in [2.75, 3.05) is 31.1 Å². The summed E-state index contributed by atoms with van der Waals surface area (Å²) in [4.78, 5) is 30.9. The molecule has 0 spiro atoms. The van der Waals surface area contributed by atoms with Gasteiger partial charge in [0.2, 0.25) is 0 Å². The highest BCUT2D eigenvalue weighted by Crippen LogP contribution is 2.21. The van der Waals surface area contributed by atoms with Crippen LogP contribution in [0, 0.1) is 17.0 Å². The Labute approximate surface area is 165 Å². The van der Waals surface area contributed by atoms with Crippen molar-refractivity contribution < 1.29 is 9.72 Å². The molecule has 29 heavy (non-hydrogen) atoms. The first-order valence-corrected chi connectivity index (χ1v) is 9.01. The van der Waals surface area contributed by atoms with E-state index >= 15 is 0 Å². The number of hydrogen-bond donors (Lipinski definition) is 0. The minimum absolute atomic E-state index is 0.0132. The molecule has 1 aliphatic heterocycles. The third kappa shape index (κ3) is 3.74. The molecule has 0 atom stereocenters. The van der Waals surface area contributed by atoms with E-state index in [9.17, 15) is 14.9 Å². The molecular formula is C18H18N8O3. The lowest BCUT2D eigenvalue weighted by molar-refractivity contribution is -0.385. The fourth-order valence-corrected chi connectivity index (χ4v) is 3.25. The van der Waals surface area contributed by atoms with Crippen LogP contribution in [0.15, 0.2) is 43.0 Å². The van der Waals surface area contributed by atoms with Crippen LogP contribution >= 0.6 is 0 Å². The number of hydrogen-bond acceptors (Lipinski definition) is 8. The molecule has 0 saturated carbocycles. The molecule has 0 N–H and O–H groups in total. The number of amides is 1. The number of piperazine rings is 1. The van der Waals surface area contributed by atoms with Crippen molar-refractivity contribution in [1.29, 1.82) is 0 Å². The van der Waals surface area contributed by atoms with Gasteiger partial charge in [0.15, 0.2) is 11.6 Å². The number of rotatable bonds is 4. The van der Waals surface area contributed by atoms with Crippen molar-refractivity contribution in [1.82, 2.24) is 29.9 Å². The molecule has 11 heteroatoms. The lowest BCUT2D eigenvalue weighted by Gasteiger charge is -2.35. The molecule has 3 aromatic rings. The van der Waals surface area contributed by atoms with Crippen molar-refractivity contribution in [3.05, 3.63) is 64.2 Å². The Morgan fingerprint density at radius 3 is 2.38 bits per heavy atom. The zero-order valence-corrected chi connectivity index (χ0v) is 15.7. The van der Waals surface area contributed by atoms with Crippen LogP contribution in [0.2, 0.25) is 0 Å². The molecule has 1 aromatic carbocycles. The predicted molar refractivity (Wildman–Crippen MR) is 103 cm³/mol. The summed E-state index contributed by atoms with van der Waals surface area (Å²) in [5.74, 6) is 1.18. The van der Waals surface area contributed by atoms with Crippen molar-refractivity contribution in [2.45, 2.75) is 6.92 Å². The minimum atomic E-state index is -0.447. The van der Waals surface area contributed by atoms with Crippen LogP contribution in [0.3, 0.4) is 0 Å². The second kappa shape index (κ2) is 7.62. The zero-order chi connectivity index (χ0) is 20.4. The number of nitro groups is 1. The maximum atomic E-state index is 12.7. The molecule has 148 valence electrons. The average molecular weight is 394 g/mol. The van der Waals surface area contributed by atoms with Crippen LogP contribution in [0.4, 0.5) is 11.5 Å². The topological polar surface area (TPSA) is 123 Å². The molecule has 1 fully saturated rings. The molecule has 0 unspecified atom stereocenters. The van der Waals surface area contributed by atoms with Crippen LogP contribution in [0.25, 0.3) is 5.82 Å². The first-order valence-electron chi connectivity index (χ1n) is 9.01. The minimum Gasteiger partial charge on any atom is -0.352 e. The maximum Gasteiger partial charge on any atom is 0.272 e. The van der Waals surface area contributed by atoms with Crippen molar-refractivity contribution in [3.8, 4) is 5.82 Å². The van der Waals surface area contributed by atoms with E-state index in [1.807, 2.05) is 12.1 Å². The van der Waals surface area contributed by atoms with Crippen LogP contribution in [0.1, 0.15) is 15.9 Å². The maximum absolute atomic E-state index is 12.7. The lowest BCUT2D eigenvalue weighted by atomic mass is 10.1. The highest BCUT2D eigenvalue weighted by molar-refractivity contribution is 5.95. The molecule has 11 nitrogen and oxygen atoms in total. The summed E-state index contributed by atoms with van der Waals surface area (Å²) >= 11 is 0. The van der Waals surface area contributed by atoms with Gasteiger partial charge in [0.1, 0.15) is 12.7 Å². The van der Waals surface area contributed by atoms with E-state index in [0.29, 0.717) is 43.1 Å². The van der Waals surface area contributed by atoms with Gasteiger partial charge in [0, 0.05) is 43.4 Å². The van der Waals surface area contributed by atoms with Crippen molar-refractivity contribution >= 4 is 17.4 Å². The van der Waals surface area contributed by atoms with Gasteiger partial charge in [-0.3, -0.25) is 14.9 Å². The van der Waals surface area contributed by atoms with Crippen molar-refractivity contribution in [2.24, 2.45) is 0 Å². The first kappa shape index (κ1) is 18.5. The van der Waals surface area contributed by atoms with Crippen LogP contribution in [-0.2, 0) is 0 Å². The average Bonchev–Trinajstić information content (AvgIpc) is 3.28. The summed E-state index contributed by atoms with van der Waals surface area (Å²) in [5, 5.41) is 23.4. The Morgan fingerprint density at radius 1 is 1.07 bits per heavy atom. The Bertz CT molecular complexity index is 1030. The fourth-order valence-electron chi connectivity index (χ4n) is 3.25. The number of nitrogens with zero attached hydrogens (tertiary/aromatic N) is 8. The largest absolute Gasteiger partial charge is 0.352 e. The number of carbonyl (C=O) groups excluding carboxylic acids is 1. The number of aryl methyl sites for hydroxylation is 1. The highest BCUT2D eigenvalue weighted by Gasteiger charge is 2.24. The summed E-state index contributed by atoms with van der Waals surface area (Å²) in [6, 6.07) is 8.13. The van der Waals surface area contributed by atoms with Gasteiger partial charge in [0.25, 0.3) is 11.6 Å². The summed E-state index contributed by atoms with van der Waals surface area (Å²) in [6.45, 7) is 3.93.